The average Bonchev–Trinajstić information content (AvgIpc) is 1.61. The number of nitrogens with two attached hydrogens (primary N) is 1. The van der Waals surface area contributed by atoms with E-state index in [2.05, 4.69) is 84.2 Å². The number of aliphatic hydroxyl groups excluding tert-OH is 9. The normalized spacial score (nSPS) is 24.4. The van der Waals surface area contributed by atoms with Crippen molar-refractivity contribution in [2.45, 2.75) is 293 Å². The Balaban J connectivity index is 0.932. The zero-order valence-electron chi connectivity index (χ0n) is 64.0. The molecule has 3 aromatic heterocycles. The third-order valence-electron chi connectivity index (χ3n) is 18.7. The van der Waals surface area contributed by atoms with E-state index in [1.54, 1.807) is 12.4 Å². The number of unbranched alkanes of at least 4 members (excludes halogenated alkanes) is 6. The minimum atomic E-state index is -1.50. The number of carbonyl (C=O) groups excluding carboxylic acids is 10. The molecule has 0 aliphatic carbocycles. The number of nitrogens with one attached hydrogen (secondary N) is 10. The second-order valence-corrected chi connectivity index (χ2v) is 27.9. The van der Waals surface area contributed by atoms with E-state index >= 15 is 0 Å². The molecule has 0 spiro atoms. The zero-order valence-corrected chi connectivity index (χ0v) is 64.0. The Morgan fingerprint density at radius 1 is 0.389 bits per heavy atom. The molecule has 0 aromatic carbocycles. The van der Waals surface area contributed by atoms with Gasteiger partial charge >= 0.3 is 0 Å². The molecule has 10 amide bonds. The van der Waals surface area contributed by atoms with Gasteiger partial charge in [0.1, 0.15) is 90.1 Å². The summed E-state index contributed by atoms with van der Waals surface area (Å²) in [5.41, 5.74) is 3.19. The molecule has 21 N–H and O–H groups in total. The van der Waals surface area contributed by atoms with Crippen LogP contribution >= 0.6 is 0 Å². The topological polar surface area (TPSA) is 647 Å². The van der Waals surface area contributed by atoms with Crippen LogP contribution in [0.25, 0.3) is 0 Å². The van der Waals surface area contributed by atoms with Crippen molar-refractivity contribution in [1.82, 2.24) is 98.3 Å². The Labute approximate surface area is 651 Å². The van der Waals surface area contributed by atoms with Crippen LogP contribution in [-0.4, -0.2) is 300 Å². The molecule has 6 rings (SSSR count). The van der Waals surface area contributed by atoms with Gasteiger partial charge in [0.15, 0.2) is 18.9 Å². The quantitative estimate of drug-likeness (QED) is 0.0108. The van der Waals surface area contributed by atoms with Crippen molar-refractivity contribution in [3.63, 3.8) is 0 Å². The SMILES string of the molecule is CC(=O)NC(CCC(=O)NCc1cn(CCO[C@@H]2O[C@@H](C)[C@@H](O)[C@@H](O)[C@@H]2O)nn1)C(=O)NCCCCCC(=O)NC(CCC(=O)NCc1cn(CCO[C@@H]2O[C@@H](C)[C@@H](O)[C@@H](O)[C@@H]2O)nn1)C(=O)NCCCCCC(=O)NC(CCC(=O)NCc1cn(CCO[C@@H]2O[C@@H](C)[C@@H](O)[C@@H](O)[C@@H]2O)nn1)C(=O)NCCCCCC(=O)NN. The van der Waals surface area contributed by atoms with Crippen LogP contribution in [-0.2, 0) is 116 Å². The molecule has 3 aromatic rings. The van der Waals surface area contributed by atoms with Crippen molar-refractivity contribution >= 4 is 59.1 Å². The fourth-order valence-corrected chi connectivity index (χ4v) is 11.9. The summed E-state index contributed by atoms with van der Waals surface area (Å²) >= 11 is 0. The van der Waals surface area contributed by atoms with E-state index < -0.39 is 163 Å². The molecule has 3 fully saturated rings. The van der Waals surface area contributed by atoms with E-state index in [0.717, 1.165) is 0 Å². The monoisotopic (exact) mass is 1610 g/mol. The van der Waals surface area contributed by atoms with E-state index in [1.807, 2.05) is 0 Å². The Hall–Kier alpha value is -8.52. The van der Waals surface area contributed by atoms with Crippen LogP contribution in [0.5, 0.6) is 0 Å². The fraction of sp³-hybridized carbons (Fsp3) is 0.765. The van der Waals surface area contributed by atoms with Gasteiger partial charge in [-0.15, -0.1) is 15.3 Å². The molecule has 636 valence electrons. The lowest BCUT2D eigenvalue weighted by Gasteiger charge is -2.38. The Bertz CT molecular complexity index is 3450. The lowest BCUT2D eigenvalue weighted by Crippen LogP contribution is -2.57. The molecule has 113 heavy (non-hydrogen) atoms. The maximum Gasteiger partial charge on any atom is 0.242 e. The number of hydrogen-bond donors (Lipinski definition) is 20. The molecule has 3 unspecified atom stereocenters. The zero-order chi connectivity index (χ0) is 82.5. The summed E-state index contributed by atoms with van der Waals surface area (Å²) in [5, 5.41) is 139. The highest BCUT2D eigenvalue weighted by Crippen LogP contribution is 2.25. The van der Waals surface area contributed by atoms with Gasteiger partial charge in [0, 0.05) is 65.1 Å². The van der Waals surface area contributed by atoms with Crippen LogP contribution < -0.4 is 59.1 Å². The van der Waals surface area contributed by atoms with E-state index in [4.69, 9.17) is 34.3 Å². The lowest BCUT2D eigenvalue weighted by atomic mass is 10.0. The Morgan fingerprint density at radius 2 is 0.681 bits per heavy atom. The summed E-state index contributed by atoms with van der Waals surface area (Å²) in [6.45, 7) is 6.60. The van der Waals surface area contributed by atoms with E-state index in [0.29, 0.717) is 74.9 Å². The number of aromatic nitrogens is 9. The van der Waals surface area contributed by atoms with Gasteiger partial charge in [0.25, 0.3) is 0 Å². The summed E-state index contributed by atoms with van der Waals surface area (Å²) in [7, 11) is 0. The smallest absolute Gasteiger partial charge is 0.242 e. The molecular formula is C68H114N20O25. The van der Waals surface area contributed by atoms with Gasteiger partial charge in [-0.2, -0.15) is 0 Å². The van der Waals surface area contributed by atoms with Crippen LogP contribution in [0.4, 0.5) is 0 Å². The molecule has 0 bridgehead atoms. The average molecular weight is 1610 g/mol. The van der Waals surface area contributed by atoms with Crippen molar-refractivity contribution in [3.8, 4) is 0 Å². The summed E-state index contributed by atoms with van der Waals surface area (Å²) < 4.78 is 37.2. The van der Waals surface area contributed by atoms with E-state index in [9.17, 15) is 93.9 Å². The largest absolute Gasteiger partial charge is 0.388 e. The van der Waals surface area contributed by atoms with Gasteiger partial charge in [-0.3, -0.25) is 53.4 Å². The summed E-state index contributed by atoms with van der Waals surface area (Å²) in [5.74, 6) is 0.282. The van der Waals surface area contributed by atoms with Crippen LogP contribution in [0, 0.1) is 0 Å². The summed E-state index contributed by atoms with van der Waals surface area (Å²) in [6.07, 6.45) is -10.8. The number of nitrogens with zero attached hydrogens (tertiary/aromatic N) is 9. The van der Waals surface area contributed by atoms with Crippen LogP contribution in [0.15, 0.2) is 18.6 Å². The Morgan fingerprint density at radius 3 is 0.973 bits per heavy atom. The van der Waals surface area contributed by atoms with Gasteiger partial charge in [-0.1, -0.05) is 34.9 Å². The van der Waals surface area contributed by atoms with Crippen LogP contribution in [0.1, 0.15) is 160 Å². The Kier molecular flexibility index (Phi) is 40.7. The van der Waals surface area contributed by atoms with E-state index in [-0.39, 0.29) is 142 Å². The number of amides is 10. The number of carbonyl (C=O) groups is 10. The third-order valence-corrected chi connectivity index (χ3v) is 18.7. The molecule has 0 saturated carbocycles. The maximum atomic E-state index is 13.8. The second-order valence-electron chi connectivity index (χ2n) is 27.9. The van der Waals surface area contributed by atoms with Gasteiger partial charge in [-0.05, 0) is 78.6 Å². The first kappa shape index (κ1) is 93.3. The molecule has 3 saturated heterocycles. The molecule has 45 heteroatoms. The maximum absolute atomic E-state index is 13.8. The minimum Gasteiger partial charge on any atom is -0.388 e. The standard InChI is InChI=1S/C68H114N20O25/c1-38-54(96)57(99)60(102)66(111-38)108-29-26-86-35-42(80-83-86)32-73-48(90)20-17-45(76-41(4)89)63(105)70-23-11-5-8-14-51(93)77-46(18-21-49(91)74-33-43-36-87(84-81-43)27-30-109-67-61(103)58(100)55(97)39(2)112-67)64(106)71-24-12-6-9-15-52(94)78-47(65(107)72-25-13-7-10-16-53(95)79-69)19-22-50(92)75-34-44-37-88(85-82-44)28-31-110-68-62(104)59(101)56(98)40(3)113-68/h35-40,45-47,54-62,66-68,96-104H,5-34,69H2,1-4H3,(H,70,105)(H,71,106)(H,72,107)(H,73,90)(H,74,91)(H,75,92)(H,76,89)(H,77,93)(H,78,94)(H,79,95)/t38-,39-,40-,45?,46?,47?,54+,55+,56+,57+,58+,59+,60-,61-,62-,66+,67+,68+/m0/s1. The first-order chi connectivity index (χ1) is 54.0. The van der Waals surface area contributed by atoms with Crippen LogP contribution in [0.2, 0.25) is 0 Å². The first-order valence-corrected chi connectivity index (χ1v) is 38.1. The lowest BCUT2D eigenvalue weighted by molar-refractivity contribution is -0.293. The molecule has 0 radical (unpaired) electrons. The van der Waals surface area contributed by atoms with Crippen molar-refractivity contribution in [2.24, 2.45) is 5.84 Å². The van der Waals surface area contributed by atoms with Crippen molar-refractivity contribution in [3.05, 3.63) is 35.7 Å². The number of hydrazine groups is 1. The third kappa shape index (κ3) is 33.1. The molecule has 3 aliphatic rings. The summed E-state index contributed by atoms with van der Waals surface area (Å²) in [4.78, 5) is 130. The van der Waals surface area contributed by atoms with Crippen molar-refractivity contribution in [1.29, 1.82) is 0 Å². The number of aliphatic hydroxyl groups is 9. The highest BCUT2D eigenvalue weighted by molar-refractivity contribution is 5.90. The van der Waals surface area contributed by atoms with Gasteiger partial charge < -0.3 is 122 Å². The highest BCUT2D eigenvalue weighted by Gasteiger charge is 2.45. The van der Waals surface area contributed by atoms with Crippen LogP contribution in [0.3, 0.4) is 0 Å². The first-order valence-electron chi connectivity index (χ1n) is 38.1. The molecular weight excluding hydrogens is 1500 g/mol. The number of rotatable bonds is 51. The van der Waals surface area contributed by atoms with Gasteiger partial charge in [0.2, 0.25) is 59.1 Å². The highest BCUT2D eigenvalue weighted by atomic mass is 16.7. The van der Waals surface area contributed by atoms with Gasteiger partial charge in [-0.25, -0.2) is 19.9 Å². The number of hydrogen-bond acceptors (Lipinski definition) is 32. The predicted molar refractivity (Wildman–Crippen MR) is 386 cm³/mol. The fourth-order valence-electron chi connectivity index (χ4n) is 11.9. The minimum absolute atomic E-state index is 0.00196. The second kappa shape index (κ2) is 49.3. The predicted octanol–water partition coefficient (Wildman–Crippen LogP) is -7.92. The molecule has 45 nitrogen and oxygen atoms in total. The summed E-state index contributed by atoms with van der Waals surface area (Å²) in [6, 6.07) is -3.34. The molecule has 3 aliphatic heterocycles. The van der Waals surface area contributed by atoms with E-state index in [1.165, 1.54) is 47.9 Å². The molecule has 6 heterocycles. The van der Waals surface area contributed by atoms with Crippen molar-refractivity contribution in [2.75, 3.05) is 39.5 Å². The van der Waals surface area contributed by atoms with Gasteiger partial charge in [0.05, 0.1) is 96.0 Å². The number of ether oxygens (including phenoxy) is 6. The molecule has 18 atom stereocenters. The van der Waals surface area contributed by atoms with Crippen molar-refractivity contribution < 1.29 is 122 Å².